The van der Waals surface area contributed by atoms with Crippen LogP contribution in [0.2, 0.25) is 0 Å². The van der Waals surface area contributed by atoms with Gasteiger partial charge in [-0.15, -0.1) is 0 Å². The van der Waals surface area contributed by atoms with Gasteiger partial charge in [0.1, 0.15) is 5.82 Å². The lowest BCUT2D eigenvalue weighted by Gasteiger charge is -2.07. The summed E-state index contributed by atoms with van der Waals surface area (Å²) in [6.07, 6.45) is 0.516. The molecule has 0 radical (unpaired) electrons. The van der Waals surface area contributed by atoms with E-state index in [1.165, 1.54) is 12.1 Å². The lowest BCUT2D eigenvalue weighted by molar-refractivity contribution is 0.0988. The number of halogens is 1. The van der Waals surface area contributed by atoms with E-state index in [9.17, 15) is 9.18 Å². The Hall–Kier alpha value is -2.16. The van der Waals surface area contributed by atoms with Crippen LogP contribution in [0.25, 0.3) is 0 Å². The molecular weight excluding hydrogens is 241 g/mol. The average Bonchev–Trinajstić information content (AvgIpc) is 2.46. The zero-order chi connectivity index (χ0) is 13.7. The Balaban J connectivity index is 1.96. The zero-order valence-electron chi connectivity index (χ0n) is 10.8. The van der Waals surface area contributed by atoms with Gasteiger partial charge in [0.15, 0.2) is 5.78 Å². The Morgan fingerprint density at radius 1 is 1.05 bits per heavy atom. The molecule has 2 nitrogen and oxygen atoms in total. The molecule has 19 heavy (non-hydrogen) atoms. The summed E-state index contributed by atoms with van der Waals surface area (Å²) in [5.41, 5.74) is 2.68. The number of ketones is 1. The summed E-state index contributed by atoms with van der Waals surface area (Å²) in [4.78, 5) is 11.5. The van der Waals surface area contributed by atoms with Crippen LogP contribution in [0.3, 0.4) is 0 Å². The maximum atomic E-state index is 12.8. The van der Waals surface area contributed by atoms with Crippen LogP contribution in [0.4, 0.5) is 10.1 Å². The lowest BCUT2D eigenvalue weighted by Crippen LogP contribution is -2.01. The molecule has 0 saturated heterocycles. The number of carbonyl (C=O) groups excluding carboxylic acids is 1. The molecule has 2 rings (SSSR count). The molecule has 0 aliphatic heterocycles. The quantitative estimate of drug-likeness (QED) is 0.819. The van der Waals surface area contributed by atoms with Gasteiger partial charge in [-0.2, -0.15) is 0 Å². The summed E-state index contributed by atoms with van der Waals surface area (Å²) in [6, 6.07) is 13.8. The molecule has 0 saturated carbocycles. The molecular formula is C16H16FNO. The first-order chi connectivity index (χ1) is 9.19. The van der Waals surface area contributed by atoms with Crippen molar-refractivity contribution in [3.05, 3.63) is 65.5 Å². The third-order valence-corrected chi connectivity index (χ3v) is 2.94. The number of benzene rings is 2. The predicted octanol–water partition coefficient (Wildman–Crippen LogP) is 4.03. The molecule has 1 N–H and O–H groups in total. The summed E-state index contributed by atoms with van der Waals surface area (Å²) in [7, 11) is 0. The molecule has 0 heterocycles. The van der Waals surface area contributed by atoms with Crippen LogP contribution in [-0.4, -0.2) is 5.78 Å². The van der Waals surface area contributed by atoms with E-state index in [2.05, 4.69) is 5.32 Å². The highest BCUT2D eigenvalue weighted by Crippen LogP contribution is 2.13. The van der Waals surface area contributed by atoms with Crippen LogP contribution in [0.15, 0.2) is 48.5 Å². The van der Waals surface area contributed by atoms with Gasteiger partial charge in [0, 0.05) is 24.2 Å². The number of anilines is 1. The second-order valence-corrected chi connectivity index (χ2v) is 4.33. The number of rotatable bonds is 5. The monoisotopic (exact) mass is 257 g/mol. The summed E-state index contributed by atoms with van der Waals surface area (Å²) in [6.45, 7) is 2.48. The van der Waals surface area contributed by atoms with E-state index >= 15 is 0 Å². The van der Waals surface area contributed by atoms with E-state index in [1.807, 2.05) is 31.2 Å². The van der Waals surface area contributed by atoms with Crippen molar-refractivity contribution in [3.63, 3.8) is 0 Å². The number of hydrogen-bond acceptors (Lipinski definition) is 2. The van der Waals surface area contributed by atoms with Crippen LogP contribution in [0, 0.1) is 5.82 Å². The molecule has 0 spiro atoms. The van der Waals surface area contributed by atoms with Crippen molar-refractivity contribution in [1.82, 2.24) is 0 Å². The second-order valence-electron chi connectivity index (χ2n) is 4.33. The van der Waals surface area contributed by atoms with Crippen molar-refractivity contribution < 1.29 is 9.18 Å². The van der Waals surface area contributed by atoms with E-state index in [-0.39, 0.29) is 11.6 Å². The van der Waals surface area contributed by atoms with Crippen LogP contribution in [0.5, 0.6) is 0 Å². The third kappa shape index (κ3) is 3.65. The second kappa shape index (κ2) is 6.14. The predicted molar refractivity (Wildman–Crippen MR) is 74.8 cm³/mol. The number of hydrogen-bond donors (Lipinski definition) is 1. The van der Waals surface area contributed by atoms with Crippen LogP contribution < -0.4 is 5.32 Å². The Morgan fingerprint density at radius 2 is 1.68 bits per heavy atom. The molecule has 2 aromatic rings. The van der Waals surface area contributed by atoms with Crippen LogP contribution in [0.1, 0.15) is 29.3 Å². The minimum absolute atomic E-state index is 0.144. The van der Waals surface area contributed by atoms with Gasteiger partial charge >= 0.3 is 0 Å². The van der Waals surface area contributed by atoms with E-state index in [4.69, 9.17) is 0 Å². The highest BCUT2D eigenvalue weighted by Gasteiger charge is 2.02. The van der Waals surface area contributed by atoms with Gasteiger partial charge in [0.25, 0.3) is 0 Å². The summed E-state index contributed by atoms with van der Waals surface area (Å²) in [5, 5.41) is 3.23. The molecule has 0 bridgehead atoms. The first kappa shape index (κ1) is 13.3. The van der Waals surface area contributed by atoms with Crippen LogP contribution >= 0.6 is 0 Å². The van der Waals surface area contributed by atoms with E-state index in [0.29, 0.717) is 13.0 Å². The van der Waals surface area contributed by atoms with Gasteiger partial charge in [-0.25, -0.2) is 4.39 Å². The minimum Gasteiger partial charge on any atom is -0.381 e. The Labute approximate surface area is 112 Å². The van der Waals surface area contributed by atoms with E-state index in [1.54, 1.807) is 12.1 Å². The number of nitrogens with one attached hydrogen (secondary N) is 1. The topological polar surface area (TPSA) is 29.1 Å². The molecule has 0 aromatic heterocycles. The Bertz CT molecular complexity index is 546. The fourth-order valence-electron chi connectivity index (χ4n) is 1.78. The van der Waals surface area contributed by atoms with E-state index in [0.717, 1.165) is 16.8 Å². The maximum absolute atomic E-state index is 12.8. The average molecular weight is 257 g/mol. The summed E-state index contributed by atoms with van der Waals surface area (Å²) < 4.78 is 12.8. The molecule has 0 aliphatic carbocycles. The van der Waals surface area contributed by atoms with Crippen molar-refractivity contribution in [1.29, 1.82) is 0 Å². The first-order valence-corrected chi connectivity index (χ1v) is 6.30. The molecule has 0 fully saturated rings. The molecule has 3 heteroatoms. The zero-order valence-corrected chi connectivity index (χ0v) is 10.8. The standard InChI is InChI=1S/C16H16FNO/c1-2-16(19)13-5-9-15(10-6-13)18-11-12-3-7-14(17)8-4-12/h3-10,18H,2,11H2,1H3. The number of carbonyl (C=O) groups is 1. The lowest BCUT2D eigenvalue weighted by atomic mass is 10.1. The number of Topliss-reactive ketones (excluding diaryl/α,β-unsaturated/α-hetero) is 1. The van der Waals surface area contributed by atoms with Gasteiger partial charge in [-0.05, 0) is 42.0 Å². The van der Waals surface area contributed by atoms with Gasteiger partial charge in [0.05, 0.1) is 0 Å². The SMILES string of the molecule is CCC(=O)c1ccc(NCc2ccc(F)cc2)cc1. The first-order valence-electron chi connectivity index (χ1n) is 6.30. The van der Waals surface area contributed by atoms with Crippen molar-refractivity contribution >= 4 is 11.5 Å². The largest absolute Gasteiger partial charge is 0.381 e. The molecule has 0 amide bonds. The Kier molecular flexibility index (Phi) is 4.29. The third-order valence-electron chi connectivity index (χ3n) is 2.94. The van der Waals surface area contributed by atoms with Crippen molar-refractivity contribution in [2.45, 2.75) is 19.9 Å². The molecule has 0 aliphatic rings. The summed E-state index contributed by atoms with van der Waals surface area (Å²) >= 11 is 0. The fraction of sp³-hybridized carbons (Fsp3) is 0.188. The fourth-order valence-corrected chi connectivity index (χ4v) is 1.78. The van der Waals surface area contributed by atoms with Gasteiger partial charge < -0.3 is 5.32 Å². The molecule has 2 aromatic carbocycles. The normalized spacial score (nSPS) is 10.2. The van der Waals surface area contributed by atoms with Crippen molar-refractivity contribution in [2.24, 2.45) is 0 Å². The molecule has 98 valence electrons. The van der Waals surface area contributed by atoms with Gasteiger partial charge in [-0.3, -0.25) is 4.79 Å². The maximum Gasteiger partial charge on any atom is 0.162 e. The van der Waals surface area contributed by atoms with Gasteiger partial charge in [0.2, 0.25) is 0 Å². The smallest absolute Gasteiger partial charge is 0.162 e. The molecule has 0 atom stereocenters. The van der Waals surface area contributed by atoms with Crippen molar-refractivity contribution in [2.75, 3.05) is 5.32 Å². The van der Waals surface area contributed by atoms with Gasteiger partial charge in [-0.1, -0.05) is 19.1 Å². The van der Waals surface area contributed by atoms with E-state index < -0.39 is 0 Å². The minimum atomic E-state index is -0.230. The molecule has 0 unspecified atom stereocenters. The summed E-state index contributed by atoms with van der Waals surface area (Å²) in [5.74, 6) is -0.0868. The van der Waals surface area contributed by atoms with Crippen LogP contribution in [-0.2, 0) is 6.54 Å². The highest BCUT2D eigenvalue weighted by atomic mass is 19.1. The Morgan fingerprint density at radius 3 is 2.26 bits per heavy atom. The van der Waals surface area contributed by atoms with Crippen molar-refractivity contribution in [3.8, 4) is 0 Å². The highest BCUT2D eigenvalue weighted by molar-refractivity contribution is 5.96.